The molecule has 0 unspecified atom stereocenters. The van der Waals surface area contributed by atoms with Gasteiger partial charge in [-0.15, -0.1) is 11.3 Å². The van der Waals surface area contributed by atoms with E-state index in [4.69, 9.17) is 4.98 Å². The van der Waals surface area contributed by atoms with Gasteiger partial charge in [-0.2, -0.15) is 0 Å². The molecule has 1 aliphatic carbocycles. The third-order valence-corrected chi connectivity index (χ3v) is 8.33. The van der Waals surface area contributed by atoms with Crippen LogP contribution in [0.15, 0.2) is 48.1 Å². The number of hydrogen-bond donors (Lipinski definition) is 0. The van der Waals surface area contributed by atoms with Crippen LogP contribution in [0, 0.1) is 0 Å². The fourth-order valence-corrected chi connectivity index (χ4v) is 6.13. The first-order chi connectivity index (χ1) is 14.3. The number of benzene rings is 1. The topological polar surface area (TPSA) is 21.1 Å². The van der Waals surface area contributed by atoms with Crippen molar-refractivity contribution in [3.63, 3.8) is 0 Å². The zero-order valence-electron chi connectivity index (χ0n) is 18.7. The van der Waals surface area contributed by atoms with Crippen molar-refractivity contribution in [2.45, 2.75) is 70.3 Å². The third kappa shape index (κ3) is 3.49. The van der Waals surface area contributed by atoms with Gasteiger partial charge in [-0.05, 0) is 65.8 Å². The molecule has 1 saturated heterocycles. The first-order valence-electron chi connectivity index (χ1n) is 11.3. The molecule has 0 spiro atoms. The van der Waals surface area contributed by atoms with Crippen molar-refractivity contribution in [2.24, 2.45) is 0 Å². The normalized spacial score (nSPS) is 20.9. The van der Waals surface area contributed by atoms with Crippen LogP contribution >= 0.6 is 11.3 Å². The highest BCUT2D eigenvalue weighted by molar-refractivity contribution is 7.14. The molecular formula is C26H33N3S. The van der Waals surface area contributed by atoms with E-state index in [1.807, 2.05) is 0 Å². The molecule has 3 aromatic rings. The summed E-state index contributed by atoms with van der Waals surface area (Å²) in [5.74, 6) is 0. The van der Waals surface area contributed by atoms with Crippen molar-refractivity contribution in [3.05, 3.63) is 59.2 Å². The molecule has 0 bridgehead atoms. The highest BCUT2D eigenvalue weighted by atomic mass is 32.1. The average Bonchev–Trinajstić information content (AvgIpc) is 3.44. The van der Waals surface area contributed by atoms with Crippen LogP contribution in [-0.4, -0.2) is 22.6 Å². The molecule has 0 amide bonds. The highest BCUT2D eigenvalue weighted by Crippen LogP contribution is 2.47. The second-order valence-corrected chi connectivity index (χ2v) is 11.2. The molecule has 30 heavy (non-hydrogen) atoms. The summed E-state index contributed by atoms with van der Waals surface area (Å²) in [5, 5.41) is 3.42. The summed E-state index contributed by atoms with van der Waals surface area (Å²) in [7, 11) is 0. The van der Waals surface area contributed by atoms with Crippen molar-refractivity contribution in [1.82, 2.24) is 9.55 Å². The first-order valence-corrected chi connectivity index (χ1v) is 12.2. The van der Waals surface area contributed by atoms with Gasteiger partial charge in [0.2, 0.25) is 0 Å². The molecule has 0 atom stereocenters. The minimum absolute atomic E-state index is 0.236. The summed E-state index contributed by atoms with van der Waals surface area (Å²) < 4.78 is 2.36. The number of nitrogens with zero attached hydrogens (tertiary/aromatic N) is 3. The summed E-state index contributed by atoms with van der Waals surface area (Å²) in [6.45, 7) is 11.7. The van der Waals surface area contributed by atoms with Gasteiger partial charge in [-0.1, -0.05) is 39.8 Å². The van der Waals surface area contributed by atoms with Gasteiger partial charge in [0.1, 0.15) is 0 Å². The summed E-state index contributed by atoms with van der Waals surface area (Å²) >= 11 is 1.79. The number of anilines is 1. The summed E-state index contributed by atoms with van der Waals surface area (Å²) in [5.41, 5.74) is 5.93. The number of piperidine rings is 1. The van der Waals surface area contributed by atoms with E-state index in [1.165, 1.54) is 47.5 Å². The molecule has 0 N–H and O–H groups in total. The van der Waals surface area contributed by atoms with Crippen LogP contribution < -0.4 is 4.90 Å². The van der Waals surface area contributed by atoms with Gasteiger partial charge < -0.3 is 9.47 Å². The van der Waals surface area contributed by atoms with E-state index in [2.05, 4.69) is 85.3 Å². The van der Waals surface area contributed by atoms with Gasteiger partial charge in [-0.3, -0.25) is 0 Å². The van der Waals surface area contributed by atoms with E-state index in [-0.39, 0.29) is 10.8 Å². The lowest BCUT2D eigenvalue weighted by Crippen LogP contribution is -2.34. The number of thiazole rings is 1. The van der Waals surface area contributed by atoms with E-state index in [0.717, 1.165) is 18.8 Å². The molecule has 4 heteroatoms. The van der Waals surface area contributed by atoms with Crippen LogP contribution in [0.5, 0.6) is 0 Å². The summed E-state index contributed by atoms with van der Waals surface area (Å²) in [6, 6.07) is 12.0. The lowest BCUT2D eigenvalue weighted by atomic mass is 9.63. The molecule has 0 radical (unpaired) electrons. The Hall–Kier alpha value is -2.07. The number of hydrogen-bond acceptors (Lipinski definition) is 3. The Balaban J connectivity index is 1.36. The van der Waals surface area contributed by atoms with Crippen molar-refractivity contribution < 1.29 is 0 Å². The van der Waals surface area contributed by atoms with Gasteiger partial charge in [0.15, 0.2) is 5.13 Å². The molecule has 3 heterocycles. The molecule has 2 aliphatic rings. The van der Waals surface area contributed by atoms with Crippen molar-refractivity contribution in [2.75, 3.05) is 18.0 Å². The molecule has 1 fully saturated rings. The fourth-order valence-electron chi connectivity index (χ4n) is 5.24. The fraction of sp³-hybridized carbons (Fsp3) is 0.500. The smallest absolute Gasteiger partial charge is 0.185 e. The van der Waals surface area contributed by atoms with E-state index >= 15 is 0 Å². The minimum Gasteiger partial charge on any atom is -0.351 e. The van der Waals surface area contributed by atoms with Crippen LogP contribution in [0.4, 0.5) is 5.13 Å². The highest BCUT2D eigenvalue weighted by Gasteiger charge is 2.37. The zero-order valence-corrected chi connectivity index (χ0v) is 19.5. The van der Waals surface area contributed by atoms with Crippen LogP contribution in [0.2, 0.25) is 0 Å². The molecule has 1 aromatic carbocycles. The Kier molecular flexibility index (Phi) is 4.81. The van der Waals surface area contributed by atoms with Crippen LogP contribution in [0.3, 0.4) is 0 Å². The lowest BCUT2D eigenvalue weighted by molar-refractivity contribution is 0.332. The summed E-state index contributed by atoms with van der Waals surface area (Å²) in [4.78, 5) is 7.53. The van der Waals surface area contributed by atoms with Crippen molar-refractivity contribution in [3.8, 4) is 11.3 Å². The summed E-state index contributed by atoms with van der Waals surface area (Å²) in [6.07, 6.45) is 9.26. The Morgan fingerprint density at radius 1 is 0.933 bits per heavy atom. The maximum absolute atomic E-state index is 5.06. The maximum Gasteiger partial charge on any atom is 0.185 e. The first kappa shape index (κ1) is 19.9. The predicted octanol–water partition coefficient (Wildman–Crippen LogP) is 6.80. The predicted molar refractivity (Wildman–Crippen MR) is 128 cm³/mol. The van der Waals surface area contributed by atoms with Crippen molar-refractivity contribution in [1.29, 1.82) is 0 Å². The number of rotatable bonds is 3. The second-order valence-electron chi connectivity index (χ2n) is 10.4. The van der Waals surface area contributed by atoms with Gasteiger partial charge >= 0.3 is 0 Å². The Morgan fingerprint density at radius 3 is 2.30 bits per heavy atom. The van der Waals surface area contributed by atoms with E-state index in [0.29, 0.717) is 6.04 Å². The van der Waals surface area contributed by atoms with E-state index < -0.39 is 0 Å². The molecule has 1 aliphatic heterocycles. The van der Waals surface area contributed by atoms with E-state index in [9.17, 15) is 0 Å². The molecule has 0 saturated carbocycles. The van der Waals surface area contributed by atoms with Gasteiger partial charge in [-0.25, -0.2) is 4.98 Å². The maximum atomic E-state index is 5.06. The molecule has 2 aromatic heterocycles. The standard InChI is InChI=1S/C26H33N3S/c1-25(2)11-12-26(3,4)22-17-19(7-8-21(22)25)23-18-30-24(27-23)29-15-9-20(10-16-29)28-13-5-6-14-28/h5-8,13-14,17-18,20H,9-12,15-16H2,1-4H3. The number of fused-ring (bicyclic) bond motifs is 1. The Bertz CT molecular complexity index is 1020. The quantitative estimate of drug-likeness (QED) is 0.465. The second kappa shape index (κ2) is 7.26. The van der Waals surface area contributed by atoms with Crippen LogP contribution in [-0.2, 0) is 10.8 Å². The van der Waals surface area contributed by atoms with Gasteiger partial charge in [0.05, 0.1) is 5.69 Å². The number of aromatic nitrogens is 2. The third-order valence-electron chi connectivity index (χ3n) is 7.42. The zero-order chi connectivity index (χ0) is 20.9. The monoisotopic (exact) mass is 419 g/mol. The molecular weight excluding hydrogens is 386 g/mol. The minimum atomic E-state index is 0.236. The Morgan fingerprint density at radius 2 is 1.60 bits per heavy atom. The Labute approximate surface area is 184 Å². The molecule has 5 rings (SSSR count). The largest absolute Gasteiger partial charge is 0.351 e. The SMILES string of the molecule is CC1(C)CCC(C)(C)c2cc(-c3csc(N4CCC(n5cccc5)CC4)n3)ccc21. The lowest BCUT2D eigenvalue weighted by Gasteiger charge is -2.42. The molecule has 3 nitrogen and oxygen atoms in total. The van der Waals surface area contributed by atoms with Gasteiger partial charge in [0, 0.05) is 42.5 Å². The van der Waals surface area contributed by atoms with Crippen LogP contribution in [0.25, 0.3) is 11.3 Å². The van der Waals surface area contributed by atoms with Crippen LogP contribution in [0.1, 0.15) is 70.5 Å². The van der Waals surface area contributed by atoms with Crippen molar-refractivity contribution >= 4 is 16.5 Å². The average molecular weight is 420 g/mol. The van der Waals surface area contributed by atoms with E-state index in [1.54, 1.807) is 11.3 Å². The molecule has 158 valence electrons. The van der Waals surface area contributed by atoms with Gasteiger partial charge in [0.25, 0.3) is 0 Å².